The normalized spacial score (nSPS) is 12.1. The van der Waals surface area contributed by atoms with E-state index < -0.39 is 28.9 Å². The molecule has 1 amide bonds. The molecular weight excluding hydrogens is 401 g/mol. The van der Waals surface area contributed by atoms with Crippen molar-refractivity contribution in [3.05, 3.63) is 98.3 Å². The molecule has 1 atom stereocenters. The second-order valence-electron chi connectivity index (χ2n) is 7.09. The Hall–Kier alpha value is -4.01. The van der Waals surface area contributed by atoms with Crippen LogP contribution < -0.4 is 16.4 Å². The lowest BCUT2D eigenvalue weighted by atomic mass is 10.0. The maximum Gasteiger partial charge on any atom is 0.316 e. The van der Waals surface area contributed by atoms with Crippen molar-refractivity contribution in [1.29, 1.82) is 0 Å². The molecule has 2 heterocycles. The van der Waals surface area contributed by atoms with Crippen LogP contribution in [0.4, 0.5) is 4.39 Å². The first kappa shape index (κ1) is 20.3. The fraction of sp³-hybridized carbons (Fsp3) is 0.182. The molecule has 0 radical (unpaired) electrons. The molecule has 158 valence electrons. The van der Waals surface area contributed by atoms with Crippen molar-refractivity contribution >= 4 is 16.9 Å². The van der Waals surface area contributed by atoms with E-state index in [-0.39, 0.29) is 5.56 Å². The van der Waals surface area contributed by atoms with Crippen molar-refractivity contribution in [2.75, 3.05) is 0 Å². The Morgan fingerprint density at radius 1 is 1.23 bits per heavy atom. The summed E-state index contributed by atoms with van der Waals surface area (Å²) >= 11 is 0. The molecule has 0 aliphatic heterocycles. The van der Waals surface area contributed by atoms with E-state index in [0.29, 0.717) is 29.0 Å². The number of aryl methyl sites for hydroxylation is 2. The van der Waals surface area contributed by atoms with Crippen molar-refractivity contribution in [3.8, 4) is 0 Å². The van der Waals surface area contributed by atoms with Gasteiger partial charge in [-0.05, 0) is 42.8 Å². The Kier molecular flexibility index (Phi) is 5.24. The molecule has 2 N–H and O–H groups in total. The average molecular weight is 421 g/mol. The Labute approximate surface area is 176 Å². The number of aromatic nitrogens is 4. The number of fused-ring (bicyclic) bond motifs is 1. The van der Waals surface area contributed by atoms with E-state index in [1.54, 1.807) is 55.2 Å². The molecule has 0 aliphatic rings. The molecular formula is C22H20FN5O3. The van der Waals surface area contributed by atoms with Crippen LogP contribution >= 0.6 is 0 Å². The van der Waals surface area contributed by atoms with Crippen LogP contribution in [0, 0.1) is 5.82 Å². The van der Waals surface area contributed by atoms with Gasteiger partial charge < -0.3 is 19.4 Å². The van der Waals surface area contributed by atoms with Gasteiger partial charge in [0.1, 0.15) is 17.7 Å². The largest absolute Gasteiger partial charge is 0.338 e. The molecule has 8 nitrogen and oxygen atoms in total. The standard InChI is InChI=1S/C22H20FN5O3/c1-3-28-17-8-7-14(12-16(17)25-21(30)22(28)31)20(29)26-18(19-24-9-10-27(19)2)13-5-4-6-15(23)11-13/h4-12,18H,3H2,1-2H3,(H,25,30)(H,26,29). The topological polar surface area (TPSA) is 102 Å². The molecule has 0 bridgehead atoms. The first-order valence-electron chi connectivity index (χ1n) is 9.69. The van der Waals surface area contributed by atoms with Gasteiger partial charge in [-0.2, -0.15) is 0 Å². The number of H-pyrrole nitrogens is 1. The third-order valence-corrected chi connectivity index (χ3v) is 5.13. The molecule has 0 fully saturated rings. The predicted octanol–water partition coefficient (Wildman–Crippen LogP) is 2.10. The Balaban J connectivity index is 1.75. The van der Waals surface area contributed by atoms with Crippen LogP contribution in [0.1, 0.15) is 34.7 Å². The number of aromatic amines is 1. The highest BCUT2D eigenvalue weighted by Gasteiger charge is 2.22. The number of hydrogen-bond acceptors (Lipinski definition) is 4. The Morgan fingerprint density at radius 2 is 2.03 bits per heavy atom. The number of nitrogens with zero attached hydrogens (tertiary/aromatic N) is 3. The van der Waals surface area contributed by atoms with Gasteiger partial charge in [0, 0.05) is 31.5 Å². The molecule has 4 aromatic rings. The number of amides is 1. The number of imidazole rings is 1. The third kappa shape index (κ3) is 3.77. The molecule has 31 heavy (non-hydrogen) atoms. The summed E-state index contributed by atoms with van der Waals surface area (Å²) in [6.45, 7) is 2.09. The van der Waals surface area contributed by atoms with Crippen LogP contribution in [0.15, 0.2) is 64.4 Å². The summed E-state index contributed by atoms with van der Waals surface area (Å²) in [5.41, 5.74) is 0.315. The van der Waals surface area contributed by atoms with E-state index >= 15 is 0 Å². The second-order valence-corrected chi connectivity index (χ2v) is 7.09. The van der Waals surface area contributed by atoms with E-state index in [1.165, 1.54) is 22.8 Å². The van der Waals surface area contributed by atoms with Gasteiger partial charge in [0.25, 0.3) is 5.91 Å². The molecule has 0 saturated carbocycles. The molecule has 2 aromatic carbocycles. The SMILES string of the molecule is CCn1c(=O)c(=O)[nH]c2cc(C(=O)NC(c3cccc(F)c3)c3nccn3C)ccc21. The van der Waals surface area contributed by atoms with Gasteiger partial charge in [-0.25, -0.2) is 9.37 Å². The van der Waals surface area contributed by atoms with Gasteiger partial charge >= 0.3 is 11.1 Å². The molecule has 4 rings (SSSR count). The van der Waals surface area contributed by atoms with Crippen molar-refractivity contribution in [2.24, 2.45) is 7.05 Å². The number of hydrogen-bond donors (Lipinski definition) is 2. The number of nitrogens with one attached hydrogen (secondary N) is 2. The van der Waals surface area contributed by atoms with Gasteiger partial charge in [-0.3, -0.25) is 14.4 Å². The molecule has 2 aromatic heterocycles. The van der Waals surface area contributed by atoms with Crippen LogP contribution in [0.5, 0.6) is 0 Å². The van der Waals surface area contributed by atoms with Crippen LogP contribution in [0.25, 0.3) is 11.0 Å². The number of carbonyl (C=O) groups is 1. The lowest BCUT2D eigenvalue weighted by Gasteiger charge is -2.19. The lowest BCUT2D eigenvalue weighted by Crippen LogP contribution is -2.36. The summed E-state index contributed by atoms with van der Waals surface area (Å²) in [5.74, 6) is -0.325. The van der Waals surface area contributed by atoms with Crippen molar-refractivity contribution < 1.29 is 9.18 Å². The zero-order valence-electron chi connectivity index (χ0n) is 16.9. The van der Waals surface area contributed by atoms with Crippen LogP contribution in [0.3, 0.4) is 0 Å². The van der Waals surface area contributed by atoms with Crippen molar-refractivity contribution in [2.45, 2.75) is 19.5 Å². The molecule has 0 spiro atoms. The van der Waals surface area contributed by atoms with Crippen molar-refractivity contribution in [1.82, 2.24) is 24.4 Å². The van der Waals surface area contributed by atoms with Crippen molar-refractivity contribution in [3.63, 3.8) is 0 Å². The molecule has 1 unspecified atom stereocenters. The summed E-state index contributed by atoms with van der Waals surface area (Å²) in [6, 6.07) is 9.95. The third-order valence-electron chi connectivity index (χ3n) is 5.13. The molecule has 0 saturated heterocycles. The fourth-order valence-corrected chi connectivity index (χ4v) is 3.59. The van der Waals surface area contributed by atoms with Crippen LogP contribution in [0.2, 0.25) is 0 Å². The highest BCUT2D eigenvalue weighted by atomic mass is 19.1. The highest BCUT2D eigenvalue weighted by molar-refractivity contribution is 5.97. The smallest absolute Gasteiger partial charge is 0.316 e. The van der Waals surface area contributed by atoms with E-state index in [9.17, 15) is 18.8 Å². The number of rotatable bonds is 5. The maximum absolute atomic E-state index is 13.8. The van der Waals surface area contributed by atoms with E-state index in [0.717, 1.165) is 0 Å². The van der Waals surface area contributed by atoms with E-state index in [2.05, 4.69) is 15.3 Å². The highest BCUT2D eigenvalue weighted by Crippen LogP contribution is 2.22. The van der Waals surface area contributed by atoms with E-state index in [4.69, 9.17) is 0 Å². The monoisotopic (exact) mass is 421 g/mol. The quantitative estimate of drug-likeness (QED) is 0.482. The van der Waals surface area contributed by atoms with E-state index in [1.807, 2.05) is 0 Å². The minimum atomic E-state index is -0.752. The lowest BCUT2D eigenvalue weighted by molar-refractivity contribution is 0.0941. The predicted molar refractivity (Wildman–Crippen MR) is 113 cm³/mol. The Bertz CT molecular complexity index is 1400. The number of carbonyl (C=O) groups excluding carboxylic acids is 1. The first-order chi connectivity index (χ1) is 14.9. The minimum absolute atomic E-state index is 0.278. The molecule has 9 heteroatoms. The number of halogens is 1. The summed E-state index contributed by atoms with van der Waals surface area (Å²) in [6.07, 6.45) is 3.33. The van der Waals surface area contributed by atoms with Gasteiger partial charge in [-0.1, -0.05) is 12.1 Å². The molecule has 0 aliphatic carbocycles. The summed E-state index contributed by atoms with van der Waals surface area (Å²) < 4.78 is 16.9. The van der Waals surface area contributed by atoms with Gasteiger partial charge in [0.2, 0.25) is 0 Å². The summed E-state index contributed by atoms with van der Waals surface area (Å²) in [4.78, 5) is 43.9. The zero-order chi connectivity index (χ0) is 22.1. The van der Waals surface area contributed by atoms with Crippen LogP contribution in [-0.2, 0) is 13.6 Å². The first-order valence-corrected chi connectivity index (χ1v) is 9.69. The zero-order valence-corrected chi connectivity index (χ0v) is 16.9. The van der Waals surface area contributed by atoms with Gasteiger partial charge in [-0.15, -0.1) is 0 Å². The second kappa shape index (κ2) is 8.02. The average Bonchev–Trinajstić information content (AvgIpc) is 3.18. The van der Waals surface area contributed by atoms with Gasteiger partial charge in [0.05, 0.1) is 11.0 Å². The Morgan fingerprint density at radius 3 is 2.71 bits per heavy atom. The minimum Gasteiger partial charge on any atom is -0.338 e. The van der Waals surface area contributed by atoms with Crippen LogP contribution in [-0.4, -0.2) is 25.0 Å². The summed E-state index contributed by atoms with van der Waals surface area (Å²) in [5, 5.41) is 2.89. The fourth-order valence-electron chi connectivity index (χ4n) is 3.59. The maximum atomic E-state index is 13.8. The van der Waals surface area contributed by atoms with Gasteiger partial charge in [0.15, 0.2) is 0 Å². The summed E-state index contributed by atoms with van der Waals surface area (Å²) in [7, 11) is 1.78. The number of benzene rings is 2.